The highest BCUT2D eigenvalue weighted by Gasteiger charge is 2.56. The molecule has 1 aliphatic heterocycles. The van der Waals surface area contributed by atoms with Gasteiger partial charge in [0.05, 0.1) is 29.8 Å². The van der Waals surface area contributed by atoms with Crippen LogP contribution in [0.3, 0.4) is 0 Å². The standard InChI is InChI=1S/C18H27BrNOS/c1-13-17(21)18(11-12-20(13,2)3,14-7-5-4-6-8-14)15-9-10-16(19)22-15/h9-10,13-14H,4-8,11-12H2,1-3H3/q+1/t13-,18+/m1/s1. The lowest BCUT2D eigenvalue weighted by atomic mass is 9.60. The number of hydrogen-bond acceptors (Lipinski definition) is 2. The molecule has 22 heavy (non-hydrogen) atoms. The molecule has 0 spiro atoms. The summed E-state index contributed by atoms with van der Waals surface area (Å²) in [5.41, 5.74) is -0.218. The molecule has 2 aliphatic rings. The number of likely N-dealkylation sites (tertiary alicyclic amines) is 1. The molecule has 2 nitrogen and oxygen atoms in total. The molecule has 122 valence electrons. The first-order valence-electron chi connectivity index (χ1n) is 8.51. The van der Waals surface area contributed by atoms with E-state index in [1.165, 1.54) is 37.0 Å². The maximum absolute atomic E-state index is 13.5. The average Bonchev–Trinajstić information content (AvgIpc) is 2.93. The minimum absolute atomic E-state index is 0.0940. The van der Waals surface area contributed by atoms with E-state index in [9.17, 15) is 4.79 Å². The maximum atomic E-state index is 13.5. The first kappa shape index (κ1) is 16.7. The third kappa shape index (κ3) is 2.61. The molecule has 2 atom stereocenters. The zero-order valence-electron chi connectivity index (χ0n) is 13.9. The predicted octanol–water partition coefficient (Wildman–Crippen LogP) is 4.77. The van der Waals surface area contributed by atoms with Crippen LogP contribution in [0.15, 0.2) is 15.9 Å². The number of ketones is 1. The van der Waals surface area contributed by atoms with Crippen LogP contribution < -0.4 is 0 Å². The van der Waals surface area contributed by atoms with Gasteiger partial charge in [0.15, 0.2) is 0 Å². The van der Waals surface area contributed by atoms with Crippen molar-refractivity contribution < 1.29 is 9.28 Å². The van der Waals surface area contributed by atoms with Gasteiger partial charge in [-0.1, -0.05) is 19.3 Å². The second kappa shape index (κ2) is 6.03. The van der Waals surface area contributed by atoms with Crippen molar-refractivity contribution in [1.29, 1.82) is 0 Å². The highest BCUT2D eigenvalue weighted by Crippen LogP contribution is 2.50. The molecule has 0 radical (unpaired) electrons. The Balaban J connectivity index is 2.05. The van der Waals surface area contributed by atoms with Crippen LogP contribution in [-0.4, -0.2) is 36.9 Å². The molecule has 0 bridgehead atoms. The fraction of sp³-hybridized carbons (Fsp3) is 0.722. The van der Waals surface area contributed by atoms with E-state index < -0.39 is 0 Å². The largest absolute Gasteiger partial charge is 0.320 e. The van der Waals surface area contributed by atoms with Crippen LogP contribution in [0.4, 0.5) is 0 Å². The van der Waals surface area contributed by atoms with Crippen molar-refractivity contribution in [2.75, 3.05) is 20.6 Å². The second-order valence-corrected chi connectivity index (χ2v) is 10.2. The lowest BCUT2D eigenvalue weighted by molar-refractivity contribution is -0.907. The van der Waals surface area contributed by atoms with Gasteiger partial charge in [0.25, 0.3) is 0 Å². The lowest BCUT2D eigenvalue weighted by Crippen LogP contribution is -2.64. The van der Waals surface area contributed by atoms with Crippen LogP contribution in [-0.2, 0) is 10.2 Å². The molecule has 1 aromatic heterocycles. The van der Waals surface area contributed by atoms with Crippen molar-refractivity contribution in [2.24, 2.45) is 5.92 Å². The number of Topliss-reactive ketones (excluding diaryl/α,β-unsaturated/α-hetero) is 1. The number of hydrogen-bond donors (Lipinski definition) is 0. The van der Waals surface area contributed by atoms with Gasteiger partial charge in [0.1, 0.15) is 6.04 Å². The van der Waals surface area contributed by atoms with E-state index >= 15 is 0 Å². The van der Waals surface area contributed by atoms with Gasteiger partial charge in [-0.05, 0) is 53.7 Å². The van der Waals surface area contributed by atoms with Gasteiger partial charge in [0, 0.05) is 11.3 Å². The van der Waals surface area contributed by atoms with E-state index in [1.807, 2.05) is 0 Å². The Morgan fingerprint density at radius 3 is 2.50 bits per heavy atom. The molecular weight excluding hydrogens is 358 g/mol. The third-order valence-corrected chi connectivity index (χ3v) is 8.07. The molecule has 1 saturated heterocycles. The van der Waals surface area contributed by atoms with Crippen molar-refractivity contribution in [2.45, 2.75) is 56.9 Å². The van der Waals surface area contributed by atoms with Crippen molar-refractivity contribution in [3.63, 3.8) is 0 Å². The maximum Gasteiger partial charge on any atom is 0.201 e. The molecule has 2 fully saturated rings. The van der Waals surface area contributed by atoms with E-state index in [2.05, 4.69) is 49.1 Å². The number of thiophene rings is 1. The Morgan fingerprint density at radius 2 is 1.91 bits per heavy atom. The van der Waals surface area contributed by atoms with Crippen LogP contribution in [0.1, 0.15) is 50.3 Å². The summed E-state index contributed by atoms with van der Waals surface area (Å²) in [5.74, 6) is 1.03. The first-order chi connectivity index (χ1) is 10.4. The van der Waals surface area contributed by atoms with Gasteiger partial charge in [-0.3, -0.25) is 4.79 Å². The molecular formula is C18H27BrNOS+. The Labute approximate surface area is 146 Å². The van der Waals surface area contributed by atoms with Crippen LogP contribution in [0.5, 0.6) is 0 Å². The van der Waals surface area contributed by atoms with E-state index in [-0.39, 0.29) is 11.5 Å². The summed E-state index contributed by atoms with van der Waals surface area (Å²) < 4.78 is 1.98. The number of halogens is 1. The van der Waals surface area contributed by atoms with E-state index in [0.29, 0.717) is 11.7 Å². The fourth-order valence-electron chi connectivity index (χ4n) is 4.47. The molecule has 0 amide bonds. The number of carbonyl (C=O) groups is 1. The number of likely N-dealkylation sites (N-methyl/N-ethyl adjacent to an activating group) is 1. The van der Waals surface area contributed by atoms with E-state index in [4.69, 9.17) is 0 Å². The van der Waals surface area contributed by atoms with Gasteiger partial charge in [-0.2, -0.15) is 0 Å². The summed E-state index contributed by atoms with van der Waals surface area (Å²) >= 11 is 5.39. The topological polar surface area (TPSA) is 17.1 Å². The van der Waals surface area contributed by atoms with Crippen molar-refractivity contribution in [3.8, 4) is 0 Å². The molecule has 1 aromatic rings. The minimum Gasteiger partial charge on any atom is -0.320 e. The quantitative estimate of drug-likeness (QED) is 0.671. The summed E-state index contributed by atoms with van der Waals surface area (Å²) in [7, 11) is 4.41. The SMILES string of the molecule is C[C@@H]1C(=O)[C@](c2ccc(Br)s2)(C2CCCCC2)CC[N+]1(C)C. The van der Waals surface area contributed by atoms with Crippen LogP contribution in [0.25, 0.3) is 0 Å². The molecule has 1 aliphatic carbocycles. The van der Waals surface area contributed by atoms with E-state index in [1.54, 1.807) is 11.3 Å². The summed E-state index contributed by atoms with van der Waals surface area (Å²) in [6.45, 7) is 3.24. The van der Waals surface area contributed by atoms with Crippen LogP contribution in [0.2, 0.25) is 0 Å². The van der Waals surface area contributed by atoms with E-state index in [0.717, 1.165) is 21.2 Å². The zero-order chi connectivity index (χ0) is 16.0. The number of carbonyl (C=O) groups excluding carboxylic acids is 1. The molecule has 4 heteroatoms. The highest BCUT2D eigenvalue weighted by atomic mass is 79.9. The lowest BCUT2D eigenvalue weighted by Gasteiger charge is -2.50. The Kier molecular flexibility index (Phi) is 4.56. The predicted molar refractivity (Wildman–Crippen MR) is 96.3 cm³/mol. The van der Waals surface area contributed by atoms with Gasteiger partial charge >= 0.3 is 0 Å². The molecule has 3 rings (SSSR count). The highest BCUT2D eigenvalue weighted by molar-refractivity contribution is 9.11. The molecule has 1 saturated carbocycles. The van der Waals surface area contributed by atoms with Gasteiger partial charge in [0.2, 0.25) is 5.78 Å². The smallest absolute Gasteiger partial charge is 0.201 e. The number of nitrogens with zero attached hydrogens (tertiary/aromatic N) is 1. The number of quaternary nitrogens is 1. The summed E-state index contributed by atoms with van der Waals surface area (Å²) in [6.07, 6.45) is 7.38. The van der Waals surface area contributed by atoms with Crippen molar-refractivity contribution >= 4 is 33.0 Å². The second-order valence-electron chi connectivity index (χ2n) is 7.70. The van der Waals surface area contributed by atoms with Crippen molar-refractivity contribution in [1.82, 2.24) is 0 Å². The minimum atomic E-state index is -0.218. The molecule has 0 unspecified atom stereocenters. The summed E-state index contributed by atoms with van der Waals surface area (Å²) in [6, 6.07) is 4.42. The van der Waals surface area contributed by atoms with Crippen molar-refractivity contribution in [3.05, 3.63) is 20.8 Å². The Hall–Kier alpha value is -0.190. The monoisotopic (exact) mass is 384 g/mol. The molecule has 0 aromatic carbocycles. The van der Waals surface area contributed by atoms with Gasteiger partial charge < -0.3 is 4.48 Å². The first-order valence-corrected chi connectivity index (χ1v) is 10.1. The number of rotatable bonds is 2. The normalized spacial score (nSPS) is 33.1. The van der Waals surface area contributed by atoms with Crippen LogP contribution >= 0.6 is 27.3 Å². The third-order valence-electron chi connectivity index (χ3n) is 6.27. The fourth-order valence-corrected chi connectivity index (χ4v) is 6.16. The van der Waals surface area contributed by atoms with Gasteiger partial charge in [-0.25, -0.2) is 0 Å². The summed E-state index contributed by atoms with van der Waals surface area (Å²) in [4.78, 5) is 14.9. The number of piperidine rings is 1. The average molecular weight is 385 g/mol. The summed E-state index contributed by atoms with van der Waals surface area (Å²) in [5, 5.41) is 0. The Morgan fingerprint density at radius 1 is 1.23 bits per heavy atom. The van der Waals surface area contributed by atoms with Gasteiger partial charge in [-0.15, -0.1) is 11.3 Å². The Bertz CT molecular complexity index is 561. The van der Waals surface area contributed by atoms with Crippen LogP contribution in [0, 0.1) is 5.92 Å². The molecule has 2 heterocycles. The zero-order valence-corrected chi connectivity index (χ0v) is 16.3. The molecule has 0 N–H and O–H groups in total.